The Kier molecular flexibility index (Phi) is 3.32. The van der Waals surface area contributed by atoms with E-state index in [0.29, 0.717) is 19.0 Å². The van der Waals surface area contributed by atoms with Crippen molar-refractivity contribution in [1.29, 1.82) is 0 Å². The second kappa shape index (κ2) is 5.03. The molecule has 0 saturated carbocycles. The van der Waals surface area contributed by atoms with Gasteiger partial charge in [0.15, 0.2) is 17.5 Å². The molecule has 1 aliphatic rings. The summed E-state index contributed by atoms with van der Waals surface area (Å²) in [5.74, 6) is -1.69. The first kappa shape index (κ1) is 13.9. The van der Waals surface area contributed by atoms with Gasteiger partial charge in [-0.05, 0) is 36.3 Å². The van der Waals surface area contributed by atoms with Gasteiger partial charge in [-0.3, -0.25) is 0 Å². The Hall–Kier alpha value is -2.09. The van der Waals surface area contributed by atoms with E-state index < -0.39 is 11.6 Å². The molecule has 3 rings (SSSR count). The van der Waals surface area contributed by atoms with Crippen LogP contribution in [-0.2, 0) is 11.3 Å². The van der Waals surface area contributed by atoms with Gasteiger partial charge in [0.2, 0.25) is 0 Å². The smallest absolute Gasteiger partial charge is 0.184 e. The van der Waals surface area contributed by atoms with Crippen LogP contribution in [0.1, 0.15) is 19.8 Å². The maximum absolute atomic E-state index is 13.4. The van der Waals surface area contributed by atoms with Crippen molar-refractivity contribution in [3.8, 4) is 11.4 Å². The second-order valence-corrected chi connectivity index (χ2v) is 5.42. The minimum Gasteiger partial charge on any atom is -0.398 e. The molecular weight excluding hydrogens is 280 g/mol. The zero-order valence-electron chi connectivity index (χ0n) is 11.5. The first-order valence-electron chi connectivity index (χ1n) is 6.63. The topological polar surface area (TPSA) is 78.9 Å². The molecular formula is C13H15F2N5O. The molecule has 112 valence electrons. The van der Waals surface area contributed by atoms with Gasteiger partial charge in [-0.25, -0.2) is 13.5 Å². The summed E-state index contributed by atoms with van der Waals surface area (Å²) in [7, 11) is 0. The third-order valence-electron chi connectivity index (χ3n) is 3.65. The van der Waals surface area contributed by atoms with E-state index in [1.54, 1.807) is 0 Å². The van der Waals surface area contributed by atoms with Crippen molar-refractivity contribution < 1.29 is 13.5 Å². The molecule has 0 aliphatic carbocycles. The number of aromatic nitrogens is 4. The van der Waals surface area contributed by atoms with Crippen molar-refractivity contribution in [2.45, 2.75) is 31.9 Å². The summed E-state index contributed by atoms with van der Waals surface area (Å²) in [6.45, 7) is 3.09. The molecule has 0 amide bonds. The van der Waals surface area contributed by atoms with Gasteiger partial charge < -0.3 is 10.5 Å². The fourth-order valence-electron chi connectivity index (χ4n) is 2.54. The van der Waals surface area contributed by atoms with Crippen molar-refractivity contribution in [3.63, 3.8) is 0 Å². The van der Waals surface area contributed by atoms with Crippen LogP contribution in [0, 0.1) is 11.6 Å². The fraction of sp³-hybridized carbons (Fsp3) is 0.462. The summed E-state index contributed by atoms with van der Waals surface area (Å²) in [5.41, 5.74) is 5.73. The van der Waals surface area contributed by atoms with E-state index in [-0.39, 0.29) is 16.9 Å². The molecule has 1 aromatic carbocycles. The Morgan fingerprint density at radius 1 is 1.38 bits per heavy atom. The number of anilines is 1. The number of nitrogens with zero attached hydrogens (tertiary/aromatic N) is 4. The van der Waals surface area contributed by atoms with Gasteiger partial charge in [0.1, 0.15) is 0 Å². The molecule has 1 atom stereocenters. The number of rotatable bonds is 3. The normalized spacial score (nSPS) is 21.9. The fourth-order valence-corrected chi connectivity index (χ4v) is 2.54. The van der Waals surface area contributed by atoms with Crippen LogP contribution in [0.3, 0.4) is 0 Å². The lowest BCUT2D eigenvalue weighted by atomic mass is 10.0. The van der Waals surface area contributed by atoms with E-state index in [0.717, 1.165) is 25.0 Å². The summed E-state index contributed by atoms with van der Waals surface area (Å²) in [4.78, 5) is 0. The molecule has 8 heteroatoms. The molecule has 2 N–H and O–H groups in total. The maximum atomic E-state index is 13.4. The SMILES string of the molecule is CC1(Cn2nnnc2-c2cc(F)c(F)cc2N)CCCO1. The van der Waals surface area contributed by atoms with E-state index in [2.05, 4.69) is 15.5 Å². The first-order chi connectivity index (χ1) is 9.98. The summed E-state index contributed by atoms with van der Waals surface area (Å²) < 4.78 is 33.8. The van der Waals surface area contributed by atoms with Crippen molar-refractivity contribution in [3.05, 3.63) is 23.8 Å². The quantitative estimate of drug-likeness (QED) is 0.873. The van der Waals surface area contributed by atoms with Crippen LogP contribution in [0.5, 0.6) is 0 Å². The number of halogens is 2. The highest BCUT2D eigenvalue weighted by molar-refractivity contribution is 5.71. The number of nitrogens with two attached hydrogens (primary N) is 1. The van der Waals surface area contributed by atoms with Crippen molar-refractivity contribution in [2.75, 3.05) is 12.3 Å². The Labute approximate surface area is 119 Å². The van der Waals surface area contributed by atoms with Gasteiger partial charge in [0, 0.05) is 23.9 Å². The molecule has 2 aromatic rings. The monoisotopic (exact) mass is 295 g/mol. The van der Waals surface area contributed by atoms with Gasteiger partial charge in [0.25, 0.3) is 0 Å². The highest BCUT2D eigenvalue weighted by atomic mass is 19.2. The Balaban J connectivity index is 1.97. The number of nitrogen functional groups attached to an aromatic ring is 1. The van der Waals surface area contributed by atoms with E-state index in [9.17, 15) is 8.78 Å². The maximum Gasteiger partial charge on any atom is 0.184 e. The zero-order chi connectivity index (χ0) is 15.0. The molecule has 0 radical (unpaired) electrons. The van der Waals surface area contributed by atoms with Crippen LogP contribution in [0.4, 0.5) is 14.5 Å². The molecule has 1 unspecified atom stereocenters. The van der Waals surface area contributed by atoms with Gasteiger partial charge >= 0.3 is 0 Å². The number of hydrogen-bond acceptors (Lipinski definition) is 5. The van der Waals surface area contributed by atoms with Crippen molar-refractivity contribution in [2.24, 2.45) is 0 Å². The minimum atomic E-state index is -0.999. The number of ether oxygens (including phenoxy) is 1. The minimum absolute atomic E-state index is 0.0856. The van der Waals surface area contributed by atoms with Crippen molar-refractivity contribution in [1.82, 2.24) is 20.2 Å². The zero-order valence-corrected chi connectivity index (χ0v) is 11.5. The molecule has 1 aromatic heterocycles. The van der Waals surface area contributed by atoms with Crippen LogP contribution < -0.4 is 5.73 Å². The molecule has 1 aliphatic heterocycles. The van der Waals surface area contributed by atoms with Crippen LogP contribution in [0.15, 0.2) is 12.1 Å². The Morgan fingerprint density at radius 2 is 2.14 bits per heavy atom. The second-order valence-electron chi connectivity index (χ2n) is 5.42. The van der Waals surface area contributed by atoms with Gasteiger partial charge in [-0.15, -0.1) is 5.10 Å². The van der Waals surface area contributed by atoms with Gasteiger partial charge in [-0.2, -0.15) is 0 Å². The highest BCUT2D eigenvalue weighted by Crippen LogP contribution is 2.30. The average Bonchev–Trinajstić information content (AvgIpc) is 3.04. The number of tetrazole rings is 1. The average molecular weight is 295 g/mol. The third-order valence-corrected chi connectivity index (χ3v) is 3.65. The largest absolute Gasteiger partial charge is 0.398 e. The predicted octanol–water partition coefficient (Wildman–Crippen LogP) is 1.77. The predicted molar refractivity (Wildman–Crippen MR) is 71.2 cm³/mol. The Bertz CT molecular complexity index is 667. The molecule has 2 heterocycles. The molecule has 21 heavy (non-hydrogen) atoms. The van der Waals surface area contributed by atoms with Crippen LogP contribution in [0.25, 0.3) is 11.4 Å². The molecule has 0 spiro atoms. The number of hydrogen-bond donors (Lipinski definition) is 1. The molecule has 6 nitrogen and oxygen atoms in total. The van der Waals surface area contributed by atoms with E-state index in [4.69, 9.17) is 10.5 Å². The Morgan fingerprint density at radius 3 is 2.86 bits per heavy atom. The van der Waals surface area contributed by atoms with Crippen LogP contribution in [0.2, 0.25) is 0 Å². The van der Waals surface area contributed by atoms with Crippen molar-refractivity contribution >= 4 is 5.69 Å². The lowest BCUT2D eigenvalue weighted by Crippen LogP contribution is -2.30. The highest BCUT2D eigenvalue weighted by Gasteiger charge is 2.32. The first-order valence-corrected chi connectivity index (χ1v) is 6.63. The lowest BCUT2D eigenvalue weighted by molar-refractivity contribution is 0.00355. The van der Waals surface area contributed by atoms with E-state index in [1.807, 2.05) is 6.92 Å². The summed E-state index contributed by atoms with van der Waals surface area (Å²) in [5, 5.41) is 11.4. The van der Waals surface area contributed by atoms with Crippen LogP contribution in [-0.4, -0.2) is 32.4 Å². The molecule has 1 saturated heterocycles. The van der Waals surface area contributed by atoms with Gasteiger partial charge in [0.05, 0.1) is 12.1 Å². The summed E-state index contributed by atoms with van der Waals surface area (Å²) >= 11 is 0. The summed E-state index contributed by atoms with van der Waals surface area (Å²) in [6, 6.07) is 1.93. The van der Waals surface area contributed by atoms with E-state index >= 15 is 0 Å². The lowest BCUT2D eigenvalue weighted by Gasteiger charge is -2.23. The summed E-state index contributed by atoms with van der Waals surface area (Å²) in [6.07, 6.45) is 1.86. The van der Waals surface area contributed by atoms with Gasteiger partial charge in [-0.1, -0.05) is 0 Å². The third kappa shape index (κ3) is 2.58. The van der Waals surface area contributed by atoms with Crippen LogP contribution >= 0.6 is 0 Å². The van der Waals surface area contributed by atoms with E-state index in [1.165, 1.54) is 4.68 Å². The molecule has 1 fully saturated rings. The standard InChI is InChI=1S/C13H15F2N5O/c1-13(3-2-4-21-13)7-20-12(17-18-19-20)8-5-9(14)10(15)6-11(8)16/h5-6H,2-4,7,16H2,1H3. The number of benzene rings is 1. The molecule has 0 bridgehead atoms.